The lowest BCUT2D eigenvalue weighted by Crippen LogP contribution is -3.15. The number of ether oxygens (including phenoxy) is 1. The average molecular weight is 378 g/mol. The fraction of sp³-hybridized carbons (Fsp3) is 0.810. The maximum absolute atomic E-state index is 12.7. The van der Waals surface area contributed by atoms with E-state index < -0.39 is 6.10 Å². The van der Waals surface area contributed by atoms with Crippen LogP contribution in [0.3, 0.4) is 0 Å². The normalized spacial score (nSPS) is 42.2. The van der Waals surface area contributed by atoms with Crippen molar-refractivity contribution in [3.63, 3.8) is 0 Å². The Morgan fingerprint density at radius 3 is 2.78 bits per heavy atom. The van der Waals surface area contributed by atoms with Crippen LogP contribution in [-0.4, -0.2) is 66.8 Å². The van der Waals surface area contributed by atoms with Gasteiger partial charge in [-0.15, -0.1) is 0 Å². The third-order valence-electron chi connectivity index (χ3n) is 7.99. The fourth-order valence-electron chi connectivity index (χ4n) is 5.95. The SMILES string of the molecule is CC(=O)N1CC[NH+](C[C@@H]2C(=O)O[C@@H]3CC4=CCC[C@@H](C)[C@@]4(C)[C@H](O)[C@H]23)CC1. The third-order valence-corrected chi connectivity index (χ3v) is 7.99. The van der Waals surface area contributed by atoms with Crippen molar-refractivity contribution < 1.29 is 24.3 Å². The number of allylic oxidation sites excluding steroid dienone is 1. The van der Waals surface area contributed by atoms with Gasteiger partial charge in [0.15, 0.2) is 0 Å². The van der Waals surface area contributed by atoms with E-state index in [2.05, 4.69) is 19.9 Å². The van der Waals surface area contributed by atoms with Gasteiger partial charge in [0, 0.05) is 24.7 Å². The van der Waals surface area contributed by atoms with Gasteiger partial charge in [-0.1, -0.05) is 25.5 Å². The zero-order chi connectivity index (χ0) is 19.3. The quantitative estimate of drug-likeness (QED) is 0.526. The molecule has 1 saturated carbocycles. The summed E-state index contributed by atoms with van der Waals surface area (Å²) in [5.41, 5.74) is 1.04. The van der Waals surface area contributed by atoms with Crippen LogP contribution in [0.5, 0.6) is 0 Å². The van der Waals surface area contributed by atoms with Crippen molar-refractivity contribution in [2.45, 2.75) is 52.2 Å². The van der Waals surface area contributed by atoms with Crippen molar-refractivity contribution in [1.29, 1.82) is 0 Å². The van der Waals surface area contributed by atoms with Gasteiger partial charge in [0.2, 0.25) is 5.91 Å². The second-order valence-corrected chi connectivity index (χ2v) is 9.26. The molecule has 2 N–H and O–H groups in total. The number of piperazine rings is 1. The topological polar surface area (TPSA) is 71.3 Å². The van der Waals surface area contributed by atoms with Crippen molar-refractivity contribution in [2.24, 2.45) is 23.2 Å². The van der Waals surface area contributed by atoms with Crippen molar-refractivity contribution in [2.75, 3.05) is 32.7 Å². The molecule has 4 rings (SSSR count). The van der Waals surface area contributed by atoms with Crippen LogP contribution in [0.15, 0.2) is 11.6 Å². The molecule has 150 valence electrons. The first-order valence-electron chi connectivity index (χ1n) is 10.5. The van der Waals surface area contributed by atoms with E-state index in [0.29, 0.717) is 12.5 Å². The summed E-state index contributed by atoms with van der Waals surface area (Å²) in [6.07, 6.45) is 4.47. The van der Waals surface area contributed by atoms with E-state index in [1.165, 1.54) is 10.5 Å². The average Bonchev–Trinajstić information content (AvgIpc) is 2.94. The molecule has 2 aliphatic heterocycles. The molecule has 0 unspecified atom stereocenters. The Labute approximate surface area is 161 Å². The molecule has 0 aromatic carbocycles. The Hall–Kier alpha value is -1.40. The second-order valence-electron chi connectivity index (χ2n) is 9.26. The molecular formula is C21H33N2O4+. The zero-order valence-electron chi connectivity index (χ0n) is 16.7. The van der Waals surface area contributed by atoms with Crippen LogP contribution >= 0.6 is 0 Å². The summed E-state index contributed by atoms with van der Waals surface area (Å²) in [7, 11) is 0. The molecule has 2 saturated heterocycles. The number of nitrogens with one attached hydrogen (secondary N) is 1. The van der Waals surface area contributed by atoms with Crippen molar-refractivity contribution in [1.82, 2.24) is 4.90 Å². The van der Waals surface area contributed by atoms with Gasteiger partial charge in [0.05, 0.1) is 38.8 Å². The van der Waals surface area contributed by atoms with E-state index in [9.17, 15) is 14.7 Å². The first-order valence-corrected chi connectivity index (χ1v) is 10.5. The molecule has 0 spiro atoms. The molecule has 27 heavy (non-hydrogen) atoms. The van der Waals surface area contributed by atoms with Crippen LogP contribution in [-0.2, 0) is 14.3 Å². The molecule has 4 aliphatic rings. The lowest BCUT2D eigenvalue weighted by molar-refractivity contribution is -0.906. The van der Waals surface area contributed by atoms with Gasteiger partial charge in [-0.05, 0) is 18.8 Å². The van der Waals surface area contributed by atoms with Crippen LogP contribution in [0.1, 0.15) is 40.0 Å². The van der Waals surface area contributed by atoms with Gasteiger partial charge < -0.3 is 19.6 Å². The van der Waals surface area contributed by atoms with Gasteiger partial charge in [0.1, 0.15) is 12.0 Å². The lowest BCUT2D eigenvalue weighted by atomic mass is 9.55. The predicted molar refractivity (Wildman–Crippen MR) is 99.9 cm³/mol. The van der Waals surface area contributed by atoms with Crippen molar-refractivity contribution >= 4 is 11.9 Å². The largest absolute Gasteiger partial charge is 0.461 e. The third kappa shape index (κ3) is 3.01. The van der Waals surface area contributed by atoms with E-state index in [4.69, 9.17) is 4.74 Å². The molecule has 0 bridgehead atoms. The van der Waals surface area contributed by atoms with Crippen LogP contribution in [0.25, 0.3) is 0 Å². The number of amides is 1. The van der Waals surface area contributed by atoms with Crippen molar-refractivity contribution in [3.05, 3.63) is 11.6 Å². The minimum Gasteiger partial charge on any atom is -0.461 e. The molecule has 2 heterocycles. The van der Waals surface area contributed by atoms with Crippen LogP contribution in [0.4, 0.5) is 0 Å². The molecule has 6 atom stereocenters. The number of hydrogen-bond acceptors (Lipinski definition) is 4. The smallest absolute Gasteiger partial charge is 0.315 e. The molecule has 1 amide bonds. The van der Waals surface area contributed by atoms with E-state index in [1.54, 1.807) is 6.92 Å². The number of nitrogens with zero attached hydrogens (tertiary/aromatic N) is 1. The molecule has 0 aromatic heterocycles. The number of fused-ring (bicyclic) bond motifs is 2. The second kappa shape index (κ2) is 6.89. The molecular weight excluding hydrogens is 344 g/mol. The number of aliphatic hydroxyl groups is 1. The maximum Gasteiger partial charge on any atom is 0.315 e. The van der Waals surface area contributed by atoms with Gasteiger partial charge in [0.25, 0.3) is 0 Å². The highest BCUT2D eigenvalue weighted by Gasteiger charge is 2.60. The summed E-state index contributed by atoms with van der Waals surface area (Å²) >= 11 is 0. The highest BCUT2D eigenvalue weighted by Crippen LogP contribution is 2.55. The Balaban J connectivity index is 1.50. The van der Waals surface area contributed by atoms with Crippen molar-refractivity contribution in [3.8, 4) is 0 Å². The summed E-state index contributed by atoms with van der Waals surface area (Å²) in [6, 6.07) is 0. The van der Waals surface area contributed by atoms with E-state index >= 15 is 0 Å². The number of hydrogen-bond donors (Lipinski definition) is 2. The minimum absolute atomic E-state index is 0.112. The molecule has 0 radical (unpaired) electrons. The van der Waals surface area contributed by atoms with E-state index in [-0.39, 0.29) is 35.2 Å². The lowest BCUT2D eigenvalue weighted by Gasteiger charge is -2.51. The van der Waals surface area contributed by atoms with Gasteiger partial charge in [-0.3, -0.25) is 9.59 Å². The molecule has 0 aromatic rings. The van der Waals surface area contributed by atoms with Crippen LogP contribution in [0, 0.1) is 23.2 Å². The number of aliphatic hydroxyl groups excluding tert-OH is 1. The standard InChI is InChI=1S/C21H32N2O4/c1-13-5-4-6-15-11-17-18(19(25)21(13,15)3)16(20(26)27-17)12-22-7-9-23(10-8-22)14(2)24/h6,13,16-19,25H,4-5,7-12H2,1-3H3/p+1/t13-,16+,17-,18-,19-,21-/m1/s1. The summed E-state index contributed by atoms with van der Waals surface area (Å²) < 4.78 is 5.76. The monoisotopic (exact) mass is 377 g/mol. The summed E-state index contributed by atoms with van der Waals surface area (Å²) in [5, 5.41) is 11.4. The van der Waals surface area contributed by atoms with Crippen LogP contribution in [0.2, 0.25) is 0 Å². The maximum atomic E-state index is 12.7. The fourth-order valence-corrected chi connectivity index (χ4v) is 5.95. The van der Waals surface area contributed by atoms with Gasteiger partial charge in [-0.25, -0.2) is 0 Å². The number of esters is 1. The number of carbonyl (C=O) groups is 2. The number of carbonyl (C=O) groups excluding carboxylic acids is 2. The molecule has 2 aliphatic carbocycles. The van der Waals surface area contributed by atoms with Gasteiger partial charge in [-0.2, -0.15) is 0 Å². The molecule has 6 heteroatoms. The number of rotatable bonds is 2. The van der Waals surface area contributed by atoms with Crippen LogP contribution < -0.4 is 4.90 Å². The summed E-state index contributed by atoms with van der Waals surface area (Å²) in [4.78, 5) is 27.4. The van der Waals surface area contributed by atoms with E-state index in [1.807, 2.05) is 4.90 Å². The zero-order valence-corrected chi connectivity index (χ0v) is 16.7. The Morgan fingerprint density at radius 2 is 2.11 bits per heavy atom. The van der Waals surface area contributed by atoms with Gasteiger partial charge >= 0.3 is 5.97 Å². The summed E-state index contributed by atoms with van der Waals surface area (Å²) in [6.45, 7) is 9.92. The first-order chi connectivity index (χ1) is 12.8. The minimum atomic E-state index is -0.535. The Morgan fingerprint density at radius 1 is 1.41 bits per heavy atom. The number of quaternary nitrogens is 1. The Kier molecular flexibility index (Phi) is 4.83. The highest BCUT2D eigenvalue weighted by molar-refractivity contribution is 5.76. The summed E-state index contributed by atoms with van der Waals surface area (Å²) in [5.74, 6) is 0.0443. The predicted octanol–water partition coefficient (Wildman–Crippen LogP) is 0.0184. The molecule has 3 fully saturated rings. The first kappa shape index (κ1) is 18.9. The Bertz CT molecular complexity index is 655. The highest BCUT2D eigenvalue weighted by atomic mass is 16.6. The van der Waals surface area contributed by atoms with E-state index in [0.717, 1.165) is 45.4 Å². The molecule has 6 nitrogen and oxygen atoms in total.